The van der Waals surface area contributed by atoms with Crippen LogP contribution in [-0.2, 0) is 6.42 Å². The van der Waals surface area contributed by atoms with Crippen LogP contribution in [-0.4, -0.2) is 10.4 Å². The van der Waals surface area contributed by atoms with Crippen LogP contribution >= 0.6 is 0 Å². The average Bonchev–Trinajstić information content (AvgIpc) is 2.53. The molecule has 98 valence electrons. The molecule has 18 heavy (non-hydrogen) atoms. The molecule has 1 unspecified atom stereocenters. The van der Waals surface area contributed by atoms with Crippen LogP contribution in [0.15, 0.2) is 18.7 Å². The van der Waals surface area contributed by atoms with E-state index >= 15 is 0 Å². The SMILES string of the molecule is C=CCC(C)n1c(C)cc2c1CC(C)(C)CC2=O. The zero-order valence-electron chi connectivity index (χ0n) is 11.9. The molecule has 1 aliphatic carbocycles. The first-order chi connectivity index (χ1) is 8.35. The van der Waals surface area contributed by atoms with Gasteiger partial charge in [0.05, 0.1) is 0 Å². The summed E-state index contributed by atoms with van der Waals surface area (Å²) < 4.78 is 2.33. The van der Waals surface area contributed by atoms with Crippen molar-refractivity contribution in [3.63, 3.8) is 0 Å². The van der Waals surface area contributed by atoms with E-state index in [4.69, 9.17) is 0 Å². The predicted octanol–water partition coefficient (Wildman–Crippen LogP) is 4.09. The van der Waals surface area contributed by atoms with Gasteiger partial charge in [0.25, 0.3) is 0 Å². The molecule has 0 spiro atoms. The lowest BCUT2D eigenvalue weighted by atomic mass is 9.76. The highest BCUT2D eigenvalue weighted by Gasteiger charge is 2.34. The Balaban J connectivity index is 2.50. The van der Waals surface area contributed by atoms with Crippen LogP contribution in [0.3, 0.4) is 0 Å². The Hall–Kier alpha value is -1.31. The van der Waals surface area contributed by atoms with Crippen molar-refractivity contribution in [3.8, 4) is 0 Å². The van der Waals surface area contributed by atoms with E-state index in [-0.39, 0.29) is 5.41 Å². The maximum Gasteiger partial charge on any atom is 0.165 e. The summed E-state index contributed by atoms with van der Waals surface area (Å²) in [6.07, 6.45) is 4.55. The van der Waals surface area contributed by atoms with Gasteiger partial charge in [-0.05, 0) is 38.2 Å². The van der Waals surface area contributed by atoms with Crippen LogP contribution in [0.25, 0.3) is 0 Å². The number of allylic oxidation sites excluding steroid dienone is 1. The normalized spacial score (nSPS) is 19.4. The fourth-order valence-corrected chi connectivity index (χ4v) is 3.13. The molecule has 1 aliphatic rings. The van der Waals surface area contributed by atoms with Crippen LogP contribution in [0, 0.1) is 12.3 Å². The quantitative estimate of drug-likeness (QED) is 0.735. The van der Waals surface area contributed by atoms with E-state index in [9.17, 15) is 4.79 Å². The highest BCUT2D eigenvalue weighted by atomic mass is 16.1. The predicted molar refractivity (Wildman–Crippen MR) is 75.1 cm³/mol. The highest BCUT2D eigenvalue weighted by molar-refractivity contribution is 5.99. The van der Waals surface area contributed by atoms with E-state index in [0.717, 1.165) is 18.4 Å². The second kappa shape index (κ2) is 4.42. The van der Waals surface area contributed by atoms with Crippen LogP contribution < -0.4 is 0 Å². The van der Waals surface area contributed by atoms with Crippen LogP contribution in [0.5, 0.6) is 0 Å². The molecule has 0 aromatic carbocycles. The number of aromatic nitrogens is 1. The molecule has 2 rings (SSSR count). The second-order valence-electron chi connectivity index (χ2n) is 6.33. The lowest BCUT2D eigenvalue weighted by Gasteiger charge is -2.31. The number of hydrogen-bond donors (Lipinski definition) is 0. The molecule has 0 saturated carbocycles. The van der Waals surface area contributed by atoms with Gasteiger partial charge in [0.15, 0.2) is 5.78 Å². The van der Waals surface area contributed by atoms with E-state index in [2.05, 4.69) is 44.9 Å². The molecule has 1 heterocycles. The van der Waals surface area contributed by atoms with Crippen molar-refractivity contribution >= 4 is 5.78 Å². The maximum atomic E-state index is 12.2. The number of carbonyl (C=O) groups is 1. The summed E-state index contributed by atoms with van der Waals surface area (Å²) in [5.41, 5.74) is 3.45. The molecule has 2 nitrogen and oxygen atoms in total. The van der Waals surface area contributed by atoms with E-state index in [0.29, 0.717) is 18.2 Å². The standard InChI is InChI=1S/C16H23NO/c1-6-7-11(2)17-12(3)8-13-14(17)9-16(4,5)10-15(13)18/h6,8,11H,1,7,9-10H2,2-5H3. The number of fused-ring (bicyclic) bond motifs is 1. The number of Topliss-reactive ketones (excluding diaryl/α,β-unsaturated/α-hetero) is 1. The van der Waals surface area contributed by atoms with Crippen molar-refractivity contribution in [1.82, 2.24) is 4.57 Å². The largest absolute Gasteiger partial charge is 0.345 e. The molecule has 0 radical (unpaired) electrons. The van der Waals surface area contributed by atoms with Crippen molar-refractivity contribution in [2.24, 2.45) is 5.41 Å². The monoisotopic (exact) mass is 245 g/mol. The fraction of sp³-hybridized carbons (Fsp3) is 0.562. The average molecular weight is 245 g/mol. The first kappa shape index (κ1) is 13.1. The summed E-state index contributed by atoms with van der Waals surface area (Å²) in [7, 11) is 0. The maximum absolute atomic E-state index is 12.2. The van der Waals surface area contributed by atoms with Gasteiger partial charge in [0.1, 0.15) is 0 Å². The third-order valence-electron chi connectivity index (χ3n) is 3.87. The van der Waals surface area contributed by atoms with Crippen LogP contribution in [0.1, 0.15) is 61.4 Å². The van der Waals surface area contributed by atoms with Crippen LogP contribution in [0.2, 0.25) is 0 Å². The molecular formula is C16H23NO. The van der Waals surface area contributed by atoms with Gasteiger partial charge in [-0.2, -0.15) is 0 Å². The van der Waals surface area contributed by atoms with Gasteiger partial charge >= 0.3 is 0 Å². The van der Waals surface area contributed by atoms with Gasteiger partial charge in [0, 0.05) is 29.4 Å². The zero-order chi connectivity index (χ0) is 13.5. The van der Waals surface area contributed by atoms with Crippen molar-refractivity contribution in [3.05, 3.63) is 35.7 Å². The summed E-state index contributed by atoms with van der Waals surface area (Å²) in [6, 6.07) is 2.44. The third kappa shape index (κ3) is 2.16. The summed E-state index contributed by atoms with van der Waals surface area (Å²) in [5, 5.41) is 0. The molecule has 0 N–H and O–H groups in total. The molecule has 1 atom stereocenters. The molecule has 1 aromatic rings. The molecule has 0 aliphatic heterocycles. The number of aryl methyl sites for hydroxylation is 1. The summed E-state index contributed by atoms with van der Waals surface area (Å²) >= 11 is 0. The second-order valence-corrected chi connectivity index (χ2v) is 6.33. The third-order valence-corrected chi connectivity index (χ3v) is 3.87. The van der Waals surface area contributed by atoms with Crippen molar-refractivity contribution in [2.45, 2.75) is 53.0 Å². The molecule has 2 heteroatoms. The Morgan fingerprint density at radius 2 is 2.17 bits per heavy atom. The first-order valence-electron chi connectivity index (χ1n) is 6.70. The Bertz CT molecular complexity index is 493. The number of hydrogen-bond acceptors (Lipinski definition) is 1. The molecule has 0 saturated heterocycles. The van der Waals surface area contributed by atoms with Gasteiger partial charge in [0.2, 0.25) is 0 Å². The van der Waals surface area contributed by atoms with Crippen molar-refractivity contribution in [1.29, 1.82) is 0 Å². The number of carbonyl (C=O) groups excluding carboxylic acids is 1. The molecule has 0 fully saturated rings. The molecule has 1 aromatic heterocycles. The molecule has 0 amide bonds. The summed E-state index contributed by atoms with van der Waals surface area (Å²) in [5.74, 6) is 0.300. The Kier molecular flexibility index (Phi) is 3.22. The minimum atomic E-state index is 0.0839. The van der Waals surface area contributed by atoms with Gasteiger partial charge in [-0.25, -0.2) is 0 Å². The van der Waals surface area contributed by atoms with Gasteiger partial charge in [-0.3, -0.25) is 4.79 Å². The molecule has 0 bridgehead atoms. The summed E-state index contributed by atoms with van der Waals surface area (Å²) in [6.45, 7) is 12.5. The van der Waals surface area contributed by atoms with E-state index < -0.39 is 0 Å². The number of nitrogens with zero attached hydrogens (tertiary/aromatic N) is 1. The van der Waals surface area contributed by atoms with Crippen molar-refractivity contribution < 1.29 is 4.79 Å². The lowest BCUT2D eigenvalue weighted by Crippen LogP contribution is -2.28. The summed E-state index contributed by atoms with van der Waals surface area (Å²) in [4.78, 5) is 12.2. The Morgan fingerprint density at radius 3 is 2.78 bits per heavy atom. The Labute approximate surface area is 110 Å². The zero-order valence-corrected chi connectivity index (χ0v) is 11.9. The fourth-order valence-electron chi connectivity index (χ4n) is 3.13. The first-order valence-corrected chi connectivity index (χ1v) is 6.70. The van der Waals surface area contributed by atoms with E-state index in [1.807, 2.05) is 6.08 Å². The van der Waals surface area contributed by atoms with Gasteiger partial charge in [-0.1, -0.05) is 19.9 Å². The van der Waals surface area contributed by atoms with E-state index in [1.54, 1.807) is 0 Å². The minimum Gasteiger partial charge on any atom is -0.345 e. The van der Waals surface area contributed by atoms with Crippen LogP contribution in [0.4, 0.5) is 0 Å². The number of rotatable bonds is 3. The molecular weight excluding hydrogens is 222 g/mol. The van der Waals surface area contributed by atoms with Gasteiger partial charge in [-0.15, -0.1) is 6.58 Å². The van der Waals surface area contributed by atoms with Gasteiger partial charge < -0.3 is 4.57 Å². The minimum absolute atomic E-state index is 0.0839. The number of ketones is 1. The Morgan fingerprint density at radius 1 is 1.50 bits per heavy atom. The smallest absolute Gasteiger partial charge is 0.165 e. The topological polar surface area (TPSA) is 22.0 Å². The van der Waals surface area contributed by atoms with Crippen molar-refractivity contribution in [2.75, 3.05) is 0 Å². The lowest BCUT2D eigenvalue weighted by molar-refractivity contribution is 0.0909. The highest BCUT2D eigenvalue weighted by Crippen LogP contribution is 2.37. The van der Waals surface area contributed by atoms with E-state index in [1.165, 1.54) is 11.4 Å².